The summed E-state index contributed by atoms with van der Waals surface area (Å²) in [5.41, 5.74) is 0.252. The summed E-state index contributed by atoms with van der Waals surface area (Å²) in [7, 11) is -4.65. The molecule has 0 aliphatic rings. The van der Waals surface area contributed by atoms with Crippen molar-refractivity contribution >= 4 is 16.4 Å². The molecule has 0 radical (unpaired) electrons. The van der Waals surface area contributed by atoms with Gasteiger partial charge in [-0.3, -0.25) is 4.18 Å². The van der Waals surface area contributed by atoms with Crippen LogP contribution >= 0.6 is 0 Å². The van der Waals surface area contributed by atoms with Gasteiger partial charge < -0.3 is 9.29 Å². The Labute approximate surface area is 111 Å². The molecule has 0 aromatic heterocycles. The summed E-state index contributed by atoms with van der Waals surface area (Å²) < 4.78 is 38.3. The normalized spacial score (nSPS) is 10.3. The Hall–Kier alpha value is 0.0800. The maximum atomic E-state index is 10.8. The van der Waals surface area contributed by atoms with E-state index in [2.05, 4.69) is 15.5 Å². The van der Waals surface area contributed by atoms with Crippen LogP contribution in [0.2, 0.25) is 0 Å². The van der Waals surface area contributed by atoms with E-state index in [-0.39, 0.29) is 54.8 Å². The Bertz CT molecular complexity index is 309. The van der Waals surface area contributed by atoms with Crippen molar-refractivity contribution in [2.45, 2.75) is 13.3 Å². The third-order valence-electron chi connectivity index (χ3n) is 1.10. The smallest absolute Gasteiger partial charge is 0.726 e. The first kappa shape index (κ1) is 17.5. The van der Waals surface area contributed by atoms with Gasteiger partial charge in [-0.2, -0.15) is 0 Å². The predicted octanol–water partition coefficient (Wildman–Crippen LogP) is -3.02. The van der Waals surface area contributed by atoms with E-state index in [4.69, 9.17) is 0 Å². The van der Waals surface area contributed by atoms with E-state index >= 15 is 0 Å². The first-order valence-corrected chi connectivity index (χ1v) is 5.09. The summed E-state index contributed by atoms with van der Waals surface area (Å²) in [5, 5.41) is 0. The van der Waals surface area contributed by atoms with Crippen LogP contribution in [0.1, 0.15) is 13.3 Å². The molecule has 15 heavy (non-hydrogen) atoms. The molecule has 82 valence electrons. The topological polar surface area (TPSA) is 92.7 Å². The van der Waals surface area contributed by atoms with E-state index in [0.29, 0.717) is 0 Å². The van der Waals surface area contributed by atoms with Crippen molar-refractivity contribution in [2.24, 2.45) is 0 Å². The van der Waals surface area contributed by atoms with Crippen LogP contribution in [0.25, 0.3) is 0 Å². The summed E-state index contributed by atoms with van der Waals surface area (Å²) in [4.78, 5) is 10.8. The average Bonchev–Trinajstić information content (AvgIpc) is 2.01. The number of esters is 1. The number of hydrogen-bond acceptors (Lipinski definition) is 6. The van der Waals surface area contributed by atoms with E-state index in [0.717, 1.165) is 0 Å². The standard InChI is InChI=1S/C7H12O6S.Na/c1-6(2)7(8)12-4-3-5-13-14(9,10)11;/h1,3-5H2,2H3,(H,9,10,11);/q;+1/p-1. The quantitative estimate of drug-likeness (QED) is 0.124. The molecule has 0 atom stereocenters. The van der Waals surface area contributed by atoms with Gasteiger partial charge in [-0.15, -0.1) is 0 Å². The van der Waals surface area contributed by atoms with Gasteiger partial charge in [0.1, 0.15) is 0 Å². The van der Waals surface area contributed by atoms with Crippen LogP contribution in [0.5, 0.6) is 0 Å². The molecule has 0 aliphatic carbocycles. The average molecular weight is 246 g/mol. The summed E-state index contributed by atoms with van der Waals surface area (Å²) in [6, 6.07) is 0. The van der Waals surface area contributed by atoms with E-state index in [1.54, 1.807) is 0 Å². The van der Waals surface area contributed by atoms with Gasteiger partial charge in [0.05, 0.1) is 13.2 Å². The van der Waals surface area contributed by atoms with Gasteiger partial charge in [-0.1, -0.05) is 6.58 Å². The molecule has 8 heteroatoms. The van der Waals surface area contributed by atoms with Crippen molar-refractivity contribution in [3.8, 4) is 0 Å². The fraction of sp³-hybridized carbons (Fsp3) is 0.571. The van der Waals surface area contributed by atoms with Gasteiger partial charge in [0.25, 0.3) is 0 Å². The first-order valence-electron chi connectivity index (χ1n) is 3.76. The minimum atomic E-state index is -4.65. The van der Waals surface area contributed by atoms with Crippen LogP contribution in [0.15, 0.2) is 12.2 Å². The fourth-order valence-electron chi connectivity index (χ4n) is 0.508. The summed E-state index contributed by atoms with van der Waals surface area (Å²) in [6.45, 7) is 4.52. The zero-order valence-corrected chi connectivity index (χ0v) is 11.5. The Morgan fingerprint density at radius 3 is 2.33 bits per heavy atom. The Balaban J connectivity index is 0. The second-order valence-electron chi connectivity index (χ2n) is 2.50. The molecular formula is C7H11NaO6S. The predicted molar refractivity (Wildman–Crippen MR) is 46.0 cm³/mol. The zero-order valence-electron chi connectivity index (χ0n) is 8.69. The third-order valence-corrected chi connectivity index (χ3v) is 1.55. The molecule has 6 nitrogen and oxygen atoms in total. The zero-order chi connectivity index (χ0) is 11.2. The molecule has 0 N–H and O–H groups in total. The van der Waals surface area contributed by atoms with Crippen LogP contribution in [0.4, 0.5) is 0 Å². The van der Waals surface area contributed by atoms with Gasteiger partial charge in [-0.05, 0) is 6.92 Å². The van der Waals surface area contributed by atoms with Gasteiger partial charge >= 0.3 is 35.5 Å². The van der Waals surface area contributed by atoms with Crippen molar-refractivity contribution < 1.29 is 56.2 Å². The van der Waals surface area contributed by atoms with E-state index in [1.807, 2.05) is 0 Å². The summed E-state index contributed by atoms with van der Waals surface area (Å²) in [5.74, 6) is -0.560. The van der Waals surface area contributed by atoms with Crippen molar-refractivity contribution in [3.05, 3.63) is 12.2 Å². The van der Waals surface area contributed by atoms with Crippen LogP contribution in [-0.4, -0.2) is 32.2 Å². The van der Waals surface area contributed by atoms with Crippen LogP contribution in [-0.2, 0) is 24.1 Å². The summed E-state index contributed by atoms with van der Waals surface area (Å²) >= 11 is 0. The molecule has 0 rings (SSSR count). The number of hydrogen-bond donors (Lipinski definition) is 0. The maximum Gasteiger partial charge on any atom is 1.00 e. The molecule has 0 saturated carbocycles. The molecule has 0 saturated heterocycles. The SMILES string of the molecule is C=C(C)C(=O)OCCCOS(=O)(=O)[O-].[Na+]. The molecule has 0 heterocycles. The third kappa shape index (κ3) is 12.0. The minimum Gasteiger partial charge on any atom is -0.726 e. The maximum absolute atomic E-state index is 10.8. The molecule has 0 aromatic carbocycles. The van der Waals surface area contributed by atoms with Crippen molar-refractivity contribution in [1.29, 1.82) is 0 Å². The molecule has 0 aliphatic heterocycles. The van der Waals surface area contributed by atoms with Crippen LogP contribution < -0.4 is 29.6 Å². The van der Waals surface area contributed by atoms with Gasteiger partial charge in [-0.25, -0.2) is 13.2 Å². The van der Waals surface area contributed by atoms with E-state index < -0.39 is 16.4 Å². The number of ether oxygens (including phenoxy) is 1. The molecule has 0 aromatic rings. The largest absolute Gasteiger partial charge is 1.00 e. The second kappa shape index (κ2) is 8.26. The van der Waals surface area contributed by atoms with Crippen molar-refractivity contribution in [1.82, 2.24) is 0 Å². The van der Waals surface area contributed by atoms with Gasteiger partial charge in [0, 0.05) is 12.0 Å². The molecule has 0 bridgehead atoms. The Morgan fingerprint density at radius 2 is 1.93 bits per heavy atom. The Morgan fingerprint density at radius 1 is 1.40 bits per heavy atom. The molecule has 0 fully saturated rings. The van der Waals surface area contributed by atoms with Crippen molar-refractivity contribution in [2.75, 3.05) is 13.2 Å². The number of carbonyl (C=O) groups is 1. The summed E-state index contributed by atoms with van der Waals surface area (Å²) in [6.07, 6.45) is 0.139. The number of rotatable bonds is 6. The fourth-order valence-corrected chi connectivity index (χ4v) is 0.830. The van der Waals surface area contributed by atoms with Crippen LogP contribution in [0, 0.1) is 0 Å². The Kier molecular flexibility index (Phi) is 9.62. The molecule has 0 unspecified atom stereocenters. The van der Waals surface area contributed by atoms with Gasteiger partial charge in [0.15, 0.2) is 0 Å². The number of carbonyl (C=O) groups excluding carboxylic acids is 1. The van der Waals surface area contributed by atoms with Crippen molar-refractivity contribution in [3.63, 3.8) is 0 Å². The second-order valence-corrected chi connectivity index (χ2v) is 3.55. The van der Waals surface area contributed by atoms with E-state index in [1.165, 1.54) is 6.92 Å². The van der Waals surface area contributed by atoms with E-state index in [9.17, 15) is 17.8 Å². The first-order chi connectivity index (χ1) is 6.33. The molecule has 0 spiro atoms. The van der Waals surface area contributed by atoms with Crippen LogP contribution in [0.3, 0.4) is 0 Å². The molecule has 0 amide bonds. The monoisotopic (exact) mass is 246 g/mol. The molecular weight excluding hydrogens is 235 g/mol. The minimum absolute atomic E-state index is 0. The van der Waals surface area contributed by atoms with Gasteiger partial charge in [0.2, 0.25) is 10.4 Å².